The lowest BCUT2D eigenvalue weighted by Gasteiger charge is -2.13. The molecule has 1 nitrogen and oxygen atoms in total. The van der Waals surface area contributed by atoms with E-state index in [9.17, 15) is 0 Å². The average Bonchev–Trinajstić information content (AvgIpc) is 1.99. The molecule has 0 aromatic heterocycles. The first kappa shape index (κ1) is 9.36. The first-order valence-electron chi connectivity index (χ1n) is 4.06. The van der Waals surface area contributed by atoms with Gasteiger partial charge in [0.15, 0.2) is 0 Å². The average molecular weight is 139 g/mol. The van der Waals surface area contributed by atoms with E-state index >= 15 is 0 Å². The van der Waals surface area contributed by atoms with Crippen molar-refractivity contribution in [3.8, 4) is 12.5 Å². The second-order valence-electron chi connectivity index (χ2n) is 2.42. The molecule has 0 N–H and O–H groups in total. The molecule has 10 heavy (non-hydrogen) atoms. The predicted molar refractivity (Wildman–Crippen MR) is 45.6 cm³/mol. The molecule has 0 atom stereocenters. The number of terminal acetylenes is 1. The maximum Gasteiger partial charge on any atom is 0.0260 e. The molecule has 0 bridgehead atoms. The first-order chi connectivity index (χ1) is 4.85. The summed E-state index contributed by atoms with van der Waals surface area (Å²) in [5.74, 6) is 0. The van der Waals surface area contributed by atoms with Crippen molar-refractivity contribution in [3.63, 3.8) is 0 Å². The zero-order chi connectivity index (χ0) is 7.82. The van der Waals surface area contributed by atoms with E-state index in [2.05, 4.69) is 19.9 Å². The number of unbranched alkanes of at least 4 members (excludes halogenated alkanes) is 2. The Balaban J connectivity index is 3.20. The number of hydrogen-bond donors (Lipinski definition) is 0. The monoisotopic (exact) mass is 139 g/mol. The number of hydrogen-bond acceptors (Lipinski definition) is 1. The summed E-state index contributed by atoms with van der Waals surface area (Å²) in [5, 5.41) is 0. The van der Waals surface area contributed by atoms with E-state index in [1.807, 2.05) is 4.90 Å². The smallest absolute Gasteiger partial charge is 0.0260 e. The third-order valence-electron chi connectivity index (χ3n) is 1.60. The van der Waals surface area contributed by atoms with Gasteiger partial charge in [-0.1, -0.05) is 26.2 Å². The third kappa shape index (κ3) is 4.26. The second-order valence-corrected chi connectivity index (χ2v) is 2.42. The zero-order valence-corrected chi connectivity index (χ0v) is 7.06. The van der Waals surface area contributed by atoms with E-state index in [-0.39, 0.29) is 0 Å². The largest absolute Gasteiger partial charge is 0.333 e. The molecule has 0 saturated heterocycles. The summed E-state index contributed by atoms with van der Waals surface area (Å²) < 4.78 is 0. The predicted octanol–water partition coefficient (Wildman–Crippen LogP) is 2.09. The lowest BCUT2D eigenvalue weighted by molar-refractivity contribution is 0.404. The van der Waals surface area contributed by atoms with Crippen molar-refractivity contribution in [2.24, 2.45) is 0 Å². The maximum atomic E-state index is 5.24. The van der Waals surface area contributed by atoms with E-state index in [1.54, 1.807) is 0 Å². The fraction of sp³-hybridized carbons (Fsp3) is 0.778. The van der Waals surface area contributed by atoms with Crippen LogP contribution in [0.2, 0.25) is 0 Å². The van der Waals surface area contributed by atoms with Crippen LogP contribution in [0.3, 0.4) is 0 Å². The Morgan fingerprint density at radius 1 is 1.30 bits per heavy atom. The van der Waals surface area contributed by atoms with Crippen molar-refractivity contribution in [1.82, 2.24) is 4.90 Å². The summed E-state index contributed by atoms with van der Waals surface area (Å²) in [7, 11) is 0. The van der Waals surface area contributed by atoms with Gasteiger partial charge in [0.05, 0.1) is 0 Å². The van der Waals surface area contributed by atoms with Crippen molar-refractivity contribution in [2.75, 3.05) is 13.1 Å². The number of nitrogens with zero attached hydrogens (tertiary/aromatic N) is 1. The fourth-order valence-corrected chi connectivity index (χ4v) is 0.867. The van der Waals surface area contributed by atoms with Crippen LogP contribution in [0.25, 0.3) is 0 Å². The van der Waals surface area contributed by atoms with Crippen LogP contribution in [0.1, 0.15) is 33.1 Å². The highest BCUT2D eigenvalue weighted by atomic mass is 15.1. The van der Waals surface area contributed by atoms with Gasteiger partial charge in [0.1, 0.15) is 0 Å². The van der Waals surface area contributed by atoms with Gasteiger partial charge < -0.3 is 4.90 Å². The zero-order valence-electron chi connectivity index (χ0n) is 7.06. The Bertz CT molecular complexity index is 102. The molecule has 0 saturated carbocycles. The lowest BCUT2D eigenvalue weighted by atomic mass is 10.2. The van der Waals surface area contributed by atoms with Crippen LogP contribution in [0.15, 0.2) is 0 Å². The van der Waals surface area contributed by atoms with Crippen molar-refractivity contribution in [1.29, 1.82) is 0 Å². The van der Waals surface area contributed by atoms with Gasteiger partial charge in [-0.3, -0.25) is 0 Å². The Labute approximate surface area is 64.4 Å². The van der Waals surface area contributed by atoms with E-state index < -0.39 is 0 Å². The molecule has 0 aromatic rings. The molecule has 0 aliphatic heterocycles. The highest BCUT2D eigenvalue weighted by Crippen LogP contribution is 1.96. The molecular formula is C9H17N. The molecule has 0 unspecified atom stereocenters. The first-order valence-corrected chi connectivity index (χ1v) is 4.06. The van der Waals surface area contributed by atoms with Crippen molar-refractivity contribution >= 4 is 0 Å². The summed E-state index contributed by atoms with van der Waals surface area (Å²) in [4.78, 5) is 2.01. The molecule has 0 rings (SSSR count). The summed E-state index contributed by atoms with van der Waals surface area (Å²) in [6.07, 6.45) is 9.03. The van der Waals surface area contributed by atoms with Gasteiger partial charge in [-0.15, -0.1) is 0 Å². The van der Waals surface area contributed by atoms with Gasteiger partial charge in [0.2, 0.25) is 0 Å². The summed E-state index contributed by atoms with van der Waals surface area (Å²) in [6, 6.07) is 2.64. The lowest BCUT2D eigenvalue weighted by Crippen LogP contribution is -2.17. The number of rotatable bonds is 5. The van der Waals surface area contributed by atoms with Crippen LogP contribution < -0.4 is 0 Å². The molecule has 0 spiro atoms. The van der Waals surface area contributed by atoms with Crippen molar-refractivity contribution in [3.05, 3.63) is 0 Å². The minimum Gasteiger partial charge on any atom is -0.333 e. The second kappa shape index (κ2) is 6.48. The maximum absolute atomic E-state index is 5.24. The molecule has 0 aliphatic carbocycles. The van der Waals surface area contributed by atoms with Crippen LogP contribution in [0.5, 0.6) is 0 Å². The van der Waals surface area contributed by atoms with Crippen molar-refractivity contribution < 1.29 is 0 Å². The van der Waals surface area contributed by atoms with E-state index in [4.69, 9.17) is 6.42 Å². The molecule has 0 heterocycles. The van der Waals surface area contributed by atoms with Gasteiger partial charge in [0.25, 0.3) is 0 Å². The Hall–Kier alpha value is -0.640. The minimum absolute atomic E-state index is 0.972. The molecule has 0 aliphatic rings. The minimum atomic E-state index is 0.972. The Morgan fingerprint density at radius 2 is 2.00 bits per heavy atom. The Kier molecular flexibility index (Phi) is 6.06. The van der Waals surface area contributed by atoms with E-state index in [0.717, 1.165) is 13.1 Å². The van der Waals surface area contributed by atoms with Gasteiger partial charge in [-0.2, -0.15) is 0 Å². The summed E-state index contributed by atoms with van der Waals surface area (Å²) >= 11 is 0. The molecule has 58 valence electrons. The standard InChI is InChI=1S/C9H17N/c1-4-7-8-9-10(5-2)6-3/h2H,4,6-9H2,1,3H3. The Morgan fingerprint density at radius 3 is 2.40 bits per heavy atom. The van der Waals surface area contributed by atoms with Crippen molar-refractivity contribution in [2.45, 2.75) is 33.1 Å². The van der Waals surface area contributed by atoms with Crippen LogP contribution in [0.4, 0.5) is 0 Å². The summed E-state index contributed by atoms with van der Waals surface area (Å²) in [5.41, 5.74) is 0. The highest BCUT2D eigenvalue weighted by Gasteiger charge is 1.92. The van der Waals surface area contributed by atoms with Crippen LogP contribution in [-0.4, -0.2) is 18.0 Å². The van der Waals surface area contributed by atoms with Crippen LogP contribution in [0, 0.1) is 12.5 Å². The SMILES string of the molecule is C#CN(CC)CCCCC. The molecule has 0 amide bonds. The topological polar surface area (TPSA) is 3.24 Å². The van der Waals surface area contributed by atoms with E-state index in [0.29, 0.717) is 0 Å². The molecule has 0 radical (unpaired) electrons. The van der Waals surface area contributed by atoms with Crippen LogP contribution >= 0.6 is 0 Å². The summed E-state index contributed by atoms with van der Waals surface area (Å²) in [6.45, 7) is 6.32. The fourth-order valence-electron chi connectivity index (χ4n) is 0.867. The van der Waals surface area contributed by atoms with Gasteiger partial charge in [-0.05, 0) is 13.3 Å². The third-order valence-corrected chi connectivity index (χ3v) is 1.60. The highest BCUT2D eigenvalue weighted by molar-refractivity contribution is 4.83. The van der Waals surface area contributed by atoms with Gasteiger partial charge in [0, 0.05) is 19.1 Å². The van der Waals surface area contributed by atoms with Crippen LogP contribution in [-0.2, 0) is 0 Å². The molecule has 0 aromatic carbocycles. The molecular weight excluding hydrogens is 122 g/mol. The van der Waals surface area contributed by atoms with Gasteiger partial charge in [-0.25, -0.2) is 0 Å². The van der Waals surface area contributed by atoms with E-state index in [1.165, 1.54) is 19.3 Å². The van der Waals surface area contributed by atoms with Gasteiger partial charge >= 0.3 is 0 Å². The molecule has 0 fully saturated rings. The molecule has 1 heteroatoms. The quantitative estimate of drug-likeness (QED) is 0.320. The normalized spacial score (nSPS) is 8.90.